The summed E-state index contributed by atoms with van der Waals surface area (Å²) in [5, 5.41) is 3.11. The van der Waals surface area contributed by atoms with Gasteiger partial charge in [0.05, 0.1) is 0 Å². The average molecular weight is 389 g/mol. The van der Waals surface area contributed by atoms with Gasteiger partial charge in [-0.05, 0) is 48.3 Å². The first-order valence-corrected chi connectivity index (χ1v) is 10.5. The molecule has 1 atom stereocenters. The summed E-state index contributed by atoms with van der Waals surface area (Å²) >= 11 is 0. The van der Waals surface area contributed by atoms with Gasteiger partial charge in [-0.3, -0.25) is 9.59 Å². The summed E-state index contributed by atoms with van der Waals surface area (Å²) in [7, 11) is 0. The molecule has 2 aliphatic rings. The van der Waals surface area contributed by atoms with Crippen LogP contribution in [0.1, 0.15) is 30.4 Å². The molecule has 4 nitrogen and oxygen atoms in total. The quantitative estimate of drug-likeness (QED) is 0.768. The molecule has 2 aromatic rings. The van der Waals surface area contributed by atoms with Crippen molar-refractivity contribution in [1.29, 1.82) is 0 Å². The summed E-state index contributed by atoms with van der Waals surface area (Å²) in [6.45, 7) is 2.17. The lowest BCUT2D eigenvalue weighted by atomic mass is 9.90. The van der Waals surface area contributed by atoms with Gasteiger partial charge in [-0.15, -0.1) is 0 Å². The molecule has 2 fully saturated rings. The number of carbonyl (C=O) groups excluding carboxylic acids is 2. The first-order chi connectivity index (χ1) is 14.2. The van der Waals surface area contributed by atoms with Crippen LogP contribution in [0, 0.1) is 11.3 Å². The monoisotopic (exact) mass is 388 g/mol. The summed E-state index contributed by atoms with van der Waals surface area (Å²) in [6.07, 6.45) is 7.21. The molecule has 1 aliphatic heterocycles. The van der Waals surface area contributed by atoms with E-state index in [1.807, 2.05) is 59.5 Å². The Morgan fingerprint density at radius 3 is 2.34 bits per heavy atom. The van der Waals surface area contributed by atoms with Crippen molar-refractivity contribution in [3.63, 3.8) is 0 Å². The summed E-state index contributed by atoms with van der Waals surface area (Å²) < 4.78 is 0. The Bertz CT molecular complexity index is 868. The Balaban J connectivity index is 1.21. The van der Waals surface area contributed by atoms with Crippen molar-refractivity contribution in [2.24, 2.45) is 11.3 Å². The maximum absolute atomic E-state index is 12.5. The second-order valence-corrected chi connectivity index (χ2v) is 8.22. The van der Waals surface area contributed by atoms with Gasteiger partial charge in [0.15, 0.2) is 0 Å². The van der Waals surface area contributed by atoms with Gasteiger partial charge in [0.1, 0.15) is 0 Å². The van der Waals surface area contributed by atoms with E-state index in [9.17, 15) is 9.59 Å². The van der Waals surface area contributed by atoms with E-state index in [1.54, 1.807) is 6.08 Å². The molecule has 0 radical (unpaired) electrons. The zero-order chi connectivity index (χ0) is 20.1. The Labute approximate surface area is 172 Å². The zero-order valence-electron chi connectivity index (χ0n) is 16.7. The van der Waals surface area contributed by atoms with Crippen molar-refractivity contribution in [3.05, 3.63) is 77.9 Å². The molecule has 1 spiro atoms. The highest BCUT2D eigenvalue weighted by atomic mass is 16.2. The molecule has 0 unspecified atom stereocenters. The van der Waals surface area contributed by atoms with Crippen LogP contribution in [0.2, 0.25) is 0 Å². The van der Waals surface area contributed by atoms with Crippen LogP contribution in [-0.2, 0) is 16.0 Å². The number of amides is 2. The molecular formula is C25H28N2O2. The van der Waals surface area contributed by atoms with Crippen LogP contribution in [0.25, 0.3) is 6.08 Å². The summed E-state index contributed by atoms with van der Waals surface area (Å²) in [4.78, 5) is 26.9. The van der Waals surface area contributed by atoms with Gasteiger partial charge in [-0.1, -0.05) is 60.7 Å². The molecule has 1 N–H and O–H groups in total. The standard InChI is InChI=1S/C25H28N2O2/c28-23(12-11-20-7-3-1-4-8-20)27-17-14-25(15-18-27)19-22(25)24(29)26-16-13-21-9-5-2-6-10-21/h1-12,22H,13-19H2,(H,26,29)/b12-11+/t22-/m0/s1. The molecule has 150 valence electrons. The molecule has 4 rings (SSSR count). The topological polar surface area (TPSA) is 49.4 Å². The fourth-order valence-electron chi connectivity index (χ4n) is 4.38. The van der Waals surface area contributed by atoms with E-state index < -0.39 is 0 Å². The Hall–Kier alpha value is -2.88. The van der Waals surface area contributed by atoms with Gasteiger partial charge >= 0.3 is 0 Å². The van der Waals surface area contributed by atoms with Crippen molar-refractivity contribution in [2.75, 3.05) is 19.6 Å². The third-order valence-corrected chi connectivity index (χ3v) is 6.35. The molecule has 1 aliphatic carbocycles. The number of benzene rings is 2. The Morgan fingerprint density at radius 1 is 1.00 bits per heavy atom. The zero-order valence-corrected chi connectivity index (χ0v) is 16.7. The van der Waals surface area contributed by atoms with Crippen molar-refractivity contribution in [2.45, 2.75) is 25.7 Å². The van der Waals surface area contributed by atoms with E-state index in [1.165, 1.54) is 5.56 Å². The van der Waals surface area contributed by atoms with Crippen LogP contribution in [0.4, 0.5) is 0 Å². The number of nitrogens with one attached hydrogen (secondary N) is 1. The number of likely N-dealkylation sites (tertiary alicyclic amines) is 1. The average Bonchev–Trinajstić information content (AvgIpc) is 3.47. The SMILES string of the molecule is O=C(NCCc1ccccc1)[C@@H]1CC12CCN(C(=O)/C=C/c1ccccc1)CC2. The highest BCUT2D eigenvalue weighted by Crippen LogP contribution is 2.59. The van der Waals surface area contributed by atoms with E-state index in [-0.39, 0.29) is 23.1 Å². The normalized spacial score (nSPS) is 20.0. The van der Waals surface area contributed by atoms with Crippen LogP contribution in [0.3, 0.4) is 0 Å². The minimum absolute atomic E-state index is 0.0632. The van der Waals surface area contributed by atoms with E-state index >= 15 is 0 Å². The van der Waals surface area contributed by atoms with Crippen molar-refractivity contribution >= 4 is 17.9 Å². The molecule has 0 bridgehead atoms. The van der Waals surface area contributed by atoms with Gasteiger partial charge in [-0.25, -0.2) is 0 Å². The second kappa shape index (κ2) is 8.64. The molecule has 1 saturated heterocycles. The van der Waals surface area contributed by atoms with Gasteiger partial charge < -0.3 is 10.2 Å². The third kappa shape index (κ3) is 4.76. The number of carbonyl (C=O) groups is 2. The van der Waals surface area contributed by atoms with Gasteiger partial charge in [0.25, 0.3) is 0 Å². The summed E-state index contributed by atoms with van der Waals surface area (Å²) in [5.74, 6) is 0.369. The predicted molar refractivity (Wildman–Crippen MR) is 115 cm³/mol. The van der Waals surface area contributed by atoms with Crippen LogP contribution >= 0.6 is 0 Å². The van der Waals surface area contributed by atoms with Crippen molar-refractivity contribution in [3.8, 4) is 0 Å². The van der Waals surface area contributed by atoms with E-state index in [2.05, 4.69) is 17.4 Å². The minimum Gasteiger partial charge on any atom is -0.356 e. The lowest BCUT2D eigenvalue weighted by molar-refractivity contribution is -0.127. The number of nitrogens with zero attached hydrogens (tertiary/aromatic N) is 1. The van der Waals surface area contributed by atoms with Crippen LogP contribution in [0.15, 0.2) is 66.7 Å². The van der Waals surface area contributed by atoms with Crippen molar-refractivity contribution in [1.82, 2.24) is 10.2 Å². The van der Waals surface area contributed by atoms with E-state index in [0.29, 0.717) is 6.54 Å². The fourth-order valence-corrected chi connectivity index (χ4v) is 4.38. The second-order valence-electron chi connectivity index (χ2n) is 8.22. The lowest BCUT2D eigenvalue weighted by Gasteiger charge is -2.32. The fraction of sp³-hybridized carbons (Fsp3) is 0.360. The van der Waals surface area contributed by atoms with Gasteiger partial charge in [0, 0.05) is 31.6 Å². The lowest BCUT2D eigenvalue weighted by Crippen LogP contribution is -2.40. The molecule has 2 amide bonds. The number of hydrogen-bond donors (Lipinski definition) is 1. The molecule has 0 aromatic heterocycles. The van der Waals surface area contributed by atoms with E-state index in [4.69, 9.17) is 0 Å². The van der Waals surface area contributed by atoms with Crippen molar-refractivity contribution < 1.29 is 9.59 Å². The smallest absolute Gasteiger partial charge is 0.246 e. The number of piperidine rings is 1. The van der Waals surface area contributed by atoms with E-state index in [0.717, 1.165) is 44.3 Å². The summed E-state index contributed by atoms with van der Waals surface area (Å²) in [6, 6.07) is 20.1. The Kier molecular flexibility index (Phi) is 5.79. The highest BCUT2D eigenvalue weighted by Gasteiger charge is 2.58. The van der Waals surface area contributed by atoms with Gasteiger partial charge in [0.2, 0.25) is 11.8 Å². The Morgan fingerprint density at radius 2 is 1.66 bits per heavy atom. The van der Waals surface area contributed by atoms with Crippen LogP contribution in [0.5, 0.6) is 0 Å². The molecule has 2 aromatic carbocycles. The van der Waals surface area contributed by atoms with Gasteiger partial charge in [-0.2, -0.15) is 0 Å². The largest absolute Gasteiger partial charge is 0.356 e. The maximum atomic E-state index is 12.5. The minimum atomic E-state index is 0.0632. The van der Waals surface area contributed by atoms with Crippen LogP contribution < -0.4 is 5.32 Å². The maximum Gasteiger partial charge on any atom is 0.246 e. The molecular weight excluding hydrogens is 360 g/mol. The summed E-state index contributed by atoms with van der Waals surface area (Å²) in [5.41, 5.74) is 2.40. The van der Waals surface area contributed by atoms with Crippen LogP contribution in [-0.4, -0.2) is 36.3 Å². The molecule has 29 heavy (non-hydrogen) atoms. The highest BCUT2D eigenvalue weighted by molar-refractivity contribution is 5.92. The third-order valence-electron chi connectivity index (χ3n) is 6.35. The molecule has 4 heteroatoms. The number of hydrogen-bond acceptors (Lipinski definition) is 2. The first-order valence-electron chi connectivity index (χ1n) is 10.5. The molecule has 1 saturated carbocycles. The first kappa shape index (κ1) is 19.4. The molecule has 1 heterocycles. The predicted octanol–water partition coefficient (Wildman–Crippen LogP) is 3.69. The number of rotatable bonds is 6.